The van der Waals surface area contributed by atoms with Crippen LogP contribution in [0.1, 0.15) is 0 Å². The van der Waals surface area contributed by atoms with E-state index < -0.39 is 7.92 Å². The van der Waals surface area contributed by atoms with E-state index in [0.29, 0.717) is 0 Å². The molecule has 200 valence electrons. The Morgan fingerprint density at radius 3 is 1.03 bits per heavy atom. The predicted octanol–water partition coefficient (Wildman–Crippen LogP) is 3.84. The first-order valence-electron chi connectivity index (χ1n) is 12.6. The number of rotatable bonds is 9. The third-order valence-electron chi connectivity index (χ3n) is 6.47. The summed E-state index contributed by atoms with van der Waals surface area (Å²) < 4.78 is 0. The van der Waals surface area contributed by atoms with Crippen molar-refractivity contribution < 1.29 is 0 Å². The Bertz CT molecular complexity index is 1130. The molecule has 0 bridgehead atoms. The fourth-order valence-electron chi connectivity index (χ4n) is 4.95. The van der Waals surface area contributed by atoms with E-state index in [0.717, 1.165) is 0 Å². The van der Waals surface area contributed by atoms with Crippen molar-refractivity contribution in [1.29, 1.82) is 0 Å². The molecule has 3 aromatic carbocycles. The molecule has 0 aliphatic rings. The van der Waals surface area contributed by atoms with E-state index in [1.807, 2.05) is 0 Å². The maximum absolute atomic E-state index is 2.35. The Kier molecular flexibility index (Phi) is 8.86. The summed E-state index contributed by atoms with van der Waals surface area (Å²) in [4.78, 5) is 13.5. The molecule has 0 aliphatic heterocycles. The quantitative estimate of drug-likeness (QED) is 0.397. The molecule has 0 aromatic heterocycles. The van der Waals surface area contributed by atoms with E-state index in [-0.39, 0.29) is 0 Å². The van der Waals surface area contributed by atoms with Crippen molar-refractivity contribution in [3.05, 3.63) is 54.6 Å². The number of benzene rings is 3. The van der Waals surface area contributed by atoms with Crippen LogP contribution >= 0.6 is 7.92 Å². The molecule has 0 radical (unpaired) electrons. The van der Waals surface area contributed by atoms with Gasteiger partial charge in [-0.25, -0.2) is 0 Å². The fraction of sp³-hybridized carbons (Fsp3) is 0.400. The van der Waals surface area contributed by atoms with Gasteiger partial charge < -0.3 is 29.4 Å². The van der Waals surface area contributed by atoms with Crippen molar-refractivity contribution in [2.24, 2.45) is 0 Å². The average Bonchev–Trinajstić information content (AvgIpc) is 2.83. The van der Waals surface area contributed by atoms with E-state index in [1.54, 1.807) is 0 Å². The molecule has 37 heavy (non-hydrogen) atoms. The highest BCUT2D eigenvalue weighted by atomic mass is 31.1. The van der Waals surface area contributed by atoms with Crippen molar-refractivity contribution in [2.75, 3.05) is 114 Å². The van der Waals surface area contributed by atoms with E-state index in [4.69, 9.17) is 0 Å². The molecule has 0 spiro atoms. The highest BCUT2D eigenvalue weighted by molar-refractivity contribution is 7.80. The van der Waals surface area contributed by atoms with Gasteiger partial charge in [-0.3, -0.25) is 0 Å². The molecule has 0 atom stereocenters. The Labute approximate surface area is 226 Å². The van der Waals surface area contributed by atoms with Crippen LogP contribution in [0.4, 0.5) is 34.1 Å². The number of hydrogen-bond donors (Lipinski definition) is 0. The Morgan fingerprint density at radius 2 is 0.730 bits per heavy atom. The fourth-order valence-corrected chi connectivity index (χ4v) is 7.72. The van der Waals surface area contributed by atoms with Crippen LogP contribution in [0.15, 0.2) is 54.6 Å². The first kappa shape index (κ1) is 28.5. The summed E-state index contributed by atoms with van der Waals surface area (Å²) in [6.07, 6.45) is 0. The molecular formula is C30H45N6P. The van der Waals surface area contributed by atoms with Crippen LogP contribution in [0.25, 0.3) is 0 Å². The van der Waals surface area contributed by atoms with Crippen molar-refractivity contribution in [3.63, 3.8) is 0 Å². The molecule has 0 amide bonds. The summed E-state index contributed by atoms with van der Waals surface area (Å²) in [6.45, 7) is 0. The number of hydrogen-bond acceptors (Lipinski definition) is 6. The lowest BCUT2D eigenvalue weighted by Crippen LogP contribution is -2.32. The van der Waals surface area contributed by atoms with Crippen LogP contribution in [0.2, 0.25) is 0 Å². The first-order chi connectivity index (χ1) is 17.4. The zero-order valence-electron chi connectivity index (χ0n) is 24.8. The Morgan fingerprint density at radius 1 is 0.378 bits per heavy atom. The molecule has 3 aromatic rings. The summed E-state index contributed by atoms with van der Waals surface area (Å²) >= 11 is 0. The Balaban J connectivity index is 2.52. The molecule has 0 fully saturated rings. The van der Waals surface area contributed by atoms with Crippen LogP contribution < -0.4 is 45.3 Å². The monoisotopic (exact) mass is 520 g/mol. The molecule has 0 aliphatic carbocycles. The SMILES string of the molecule is CN(C)c1ccc(P(c2ccccc2)c2ccc(N(C)C)c(N(C)C)c2N(C)C)c(N(C)C)c1N(C)C. The van der Waals surface area contributed by atoms with Gasteiger partial charge in [-0.1, -0.05) is 30.3 Å². The average molecular weight is 521 g/mol. The lowest BCUT2D eigenvalue weighted by Gasteiger charge is -2.36. The molecule has 0 saturated carbocycles. The molecule has 0 saturated heterocycles. The van der Waals surface area contributed by atoms with Gasteiger partial charge in [-0.15, -0.1) is 0 Å². The van der Waals surface area contributed by atoms with Crippen molar-refractivity contribution in [1.82, 2.24) is 0 Å². The summed E-state index contributed by atoms with van der Waals surface area (Å²) in [5.74, 6) is 0. The first-order valence-corrected chi connectivity index (χ1v) is 14.0. The Hall–Kier alpha value is -3.11. The lowest BCUT2D eigenvalue weighted by atomic mass is 10.2. The van der Waals surface area contributed by atoms with Crippen LogP contribution in [0, 0.1) is 0 Å². The highest BCUT2D eigenvalue weighted by Gasteiger charge is 2.30. The van der Waals surface area contributed by atoms with Crippen molar-refractivity contribution in [2.45, 2.75) is 0 Å². The van der Waals surface area contributed by atoms with E-state index in [9.17, 15) is 0 Å². The minimum Gasteiger partial charge on any atom is -0.376 e. The molecule has 3 rings (SSSR count). The van der Waals surface area contributed by atoms with E-state index in [1.165, 1.54) is 50.0 Å². The maximum Gasteiger partial charge on any atom is 0.0843 e. The second-order valence-electron chi connectivity index (χ2n) is 10.6. The van der Waals surface area contributed by atoms with Gasteiger partial charge in [0.25, 0.3) is 0 Å². The summed E-state index contributed by atoms with van der Waals surface area (Å²) in [5, 5.41) is 4.05. The molecule has 6 nitrogen and oxygen atoms in total. The standard InChI is InChI=1S/C30H45N6P/c1-31(2)23-18-20-25(29(35(9)10)27(23)33(5)6)37(22-16-14-13-15-17-22)26-21-19-24(32(3)4)28(34(7)8)30(26)36(11)12/h13-21H,1-12H3. The summed E-state index contributed by atoms with van der Waals surface area (Å²) in [5.41, 5.74) is 7.42. The molecule has 0 heterocycles. The van der Waals surface area contributed by atoms with Gasteiger partial charge in [0.15, 0.2) is 0 Å². The van der Waals surface area contributed by atoms with Crippen LogP contribution in [0.3, 0.4) is 0 Å². The number of anilines is 6. The van der Waals surface area contributed by atoms with Crippen LogP contribution in [0.5, 0.6) is 0 Å². The smallest absolute Gasteiger partial charge is 0.0843 e. The largest absolute Gasteiger partial charge is 0.376 e. The minimum atomic E-state index is -0.871. The number of nitrogens with zero attached hydrogens (tertiary/aromatic N) is 6. The van der Waals surface area contributed by atoms with Gasteiger partial charge in [-0.2, -0.15) is 0 Å². The van der Waals surface area contributed by atoms with Gasteiger partial charge in [0.05, 0.1) is 34.1 Å². The third-order valence-corrected chi connectivity index (χ3v) is 8.97. The van der Waals surface area contributed by atoms with Crippen LogP contribution in [-0.2, 0) is 0 Å². The van der Waals surface area contributed by atoms with Crippen LogP contribution in [-0.4, -0.2) is 84.6 Å². The lowest BCUT2D eigenvalue weighted by molar-refractivity contribution is 1.05. The van der Waals surface area contributed by atoms with Gasteiger partial charge >= 0.3 is 0 Å². The van der Waals surface area contributed by atoms with Gasteiger partial charge in [-0.05, 0) is 37.5 Å². The van der Waals surface area contributed by atoms with Gasteiger partial charge in [0, 0.05) is 95.2 Å². The van der Waals surface area contributed by atoms with E-state index in [2.05, 4.69) is 169 Å². The van der Waals surface area contributed by atoms with E-state index >= 15 is 0 Å². The topological polar surface area (TPSA) is 19.4 Å². The molecule has 7 heteroatoms. The maximum atomic E-state index is 2.35. The normalized spacial score (nSPS) is 10.9. The molecule has 0 unspecified atom stereocenters. The van der Waals surface area contributed by atoms with Gasteiger partial charge in [0.2, 0.25) is 0 Å². The summed E-state index contributed by atoms with van der Waals surface area (Å²) in [6, 6.07) is 20.3. The third kappa shape index (κ3) is 5.60. The second-order valence-corrected chi connectivity index (χ2v) is 12.8. The second kappa shape index (κ2) is 11.5. The minimum absolute atomic E-state index is 0.871. The zero-order chi connectivity index (χ0) is 27.6. The van der Waals surface area contributed by atoms with Crippen molar-refractivity contribution >= 4 is 58.0 Å². The van der Waals surface area contributed by atoms with Gasteiger partial charge in [0.1, 0.15) is 0 Å². The summed E-state index contributed by atoms with van der Waals surface area (Å²) in [7, 11) is 24.8. The highest BCUT2D eigenvalue weighted by Crippen LogP contribution is 2.48. The zero-order valence-corrected chi connectivity index (χ0v) is 25.7. The van der Waals surface area contributed by atoms with Crippen molar-refractivity contribution in [3.8, 4) is 0 Å². The molecular weight excluding hydrogens is 475 g/mol. The molecule has 0 N–H and O–H groups in total. The predicted molar refractivity (Wildman–Crippen MR) is 171 cm³/mol.